The van der Waals surface area contributed by atoms with Crippen molar-refractivity contribution < 1.29 is 4.79 Å². The summed E-state index contributed by atoms with van der Waals surface area (Å²) in [4.78, 5) is 19.2. The van der Waals surface area contributed by atoms with Crippen molar-refractivity contribution in [3.63, 3.8) is 0 Å². The highest BCUT2D eigenvalue weighted by Gasteiger charge is 2.15. The Morgan fingerprint density at radius 3 is 3.00 bits per heavy atom. The number of unbranched alkanes of at least 4 members (excludes halogenated alkanes) is 1. The summed E-state index contributed by atoms with van der Waals surface area (Å²) in [6, 6.07) is 11.6. The average molecular weight is 325 g/mol. The third-order valence-electron chi connectivity index (χ3n) is 4.76. The Hall–Kier alpha value is -1.94. The summed E-state index contributed by atoms with van der Waals surface area (Å²) < 4.78 is 0. The van der Waals surface area contributed by atoms with Crippen molar-refractivity contribution in [2.75, 3.05) is 26.2 Å². The monoisotopic (exact) mass is 325 g/mol. The van der Waals surface area contributed by atoms with Crippen LogP contribution in [0.1, 0.15) is 43.1 Å². The summed E-state index contributed by atoms with van der Waals surface area (Å²) in [5.41, 5.74) is 1.36. The summed E-state index contributed by atoms with van der Waals surface area (Å²) in [5.74, 6) is 0.754. The Morgan fingerprint density at radius 2 is 2.12 bits per heavy atom. The predicted molar refractivity (Wildman–Crippen MR) is 98.1 cm³/mol. The summed E-state index contributed by atoms with van der Waals surface area (Å²) in [6.45, 7) is 6.67. The van der Waals surface area contributed by atoms with Gasteiger partial charge in [-0.05, 0) is 56.8 Å². The van der Waals surface area contributed by atoms with E-state index >= 15 is 0 Å². The van der Waals surface area contributed by atoms with Crippen LogP contribution in [-0.4, -0.2) is 42.0 Å². The lowest BCUT2D eigenvalue weighted by molar-refractivity contribution is 0.0947. The molecule has 2 heterocycles. The molecular formula is C20H27N3O. The molecular weight excluding hydrogens is 298 g/mol. The van der Waals surface area contributed by atoms with Gasteiger partial charge in [0, 0.05) is 18.5 Å². The van der Waals surface area contributed by atoms with Crippen LogP contribution in [0.15, 0.2) is 36.4 Å². The SMILES string of the molecule is CC1CCCN(CCCCNC(=O)c2ccc3ccccc3n2)C1. The maximum absolute atomic E-state index is 12.2. The van der Waals surface area contributed by atoms with Gasteiger partial charge >= 0.3 is 0 Å². The first-order valence-corrected chi connectivity index (χ1v) is 9.09. The summed E-state index contributed by atoms with van der Waals surface area (Å²) >= 11 is 0. The van der Waals surface area contributed by atoms with Crippen LogP contribution in [0.2, 0.25) is 0 Å². The van der Waals surface area contributed by atoms with E-state index in [1.807, 2.05) is 30.3 Å². The third-order valence-corrected chi connectivity index (χ3v) is 4.76. The molecule has 0 radical (unpaired) electrons. The van der Waals surface area contributed by atoms with Gasteiger partial charge in [-0.1, -0.05) is 31.2 Å². The number of hydrogen-bond donors (Lipinski definition) is 1. The van der Waals surface area contributed by atoms with Crippen LogP contribution in [0, 0.1) is 5.92 Å². The van der Waals surface area contributed by atoms with Crippen molar-refractivity contribution in [1.29, 1.82) is 0 Å². The number of pyridine rings is 1. The van der Waals surface area contributed by atoms with Crippen molar-refractivity contribution in [2.45, 2.75) is 32.6 Å². The fourth-order valence-electron chi connectivity index (χ4n) is 3.44. The van der Waals surface area contributed by atoms with Gasteiger partial charge in [-0.3, -0.25) is 4.79 Å². The molecule has 1 aromatic heterocycles. The highest BCUT2D eigenvalue weighted by atomic mass is 16.1. The second-order valence-electron chi connectivity index (χ2n) is 6.90. The second-order valence-corrected chi connectivity index (χ2v) is 6.90. The molecule has 1 amide bonds. The summed E-state index contributed by atoms with van der Waals surface area (Å²) in [6.07, 6.45) is 4.85. The van der Waals surface area contributed by atoms with Crippen molar-refractivity contribution >= 4 is 16.8 Å². The number of benzene rings is 1. The number of nitrogens with zero attached hydrogens (tertiary/aromatic N) is 2. The van der Waals surface area contributed by atoms with E-state index in [-0.39, 0.29) is 5.91 Å². The molecule has 1 aromatic carbocycles. The molecule has 1 N–H and O–H groups in total. The summed E-state index contributed by atoms with van der Waals surface area (Å²) in [5, 5.41) is 4.05. The number of likely N-dealkylation sites (tertiary alicyclic amines) is 1. The molecule has 24 heavy (non-hydrogen) atoms. The lowest BCUT2D eigenvalue weighted by Gasteiger charge is -2.30. The molecule has 1 aliphatic rings. The lowest BCUT2D eigenvalue weighted by atomic mass is 10.0. The number of amides is 1. The first kappa shape index (κ1) is 16.9. The Kier molecular flexibility index (Phi) is 5.81. The van der Waals surface area contributed by atoms with E-state index in [0.29, 0.717) is 5.69 Å². The molecule has 1 saturated heterocycles. The van der Waals surface area contributed by atoms with Gasteiger partial charge in [0.15, 0.2) is 0 Å². The van der Waals surface area contributed by atoms with Gasteiger partial charge in [-0.25, -0.2) is 4.98 Å². The Bertz CT molecular complexity index is 685. The number of para-hydroxylation sites is 1. The molecule has 1 fully saturated rings. The van der Waals surface area contributed by atoms with Crippen LogP contribution < -0.4 is 5.32 Å². The zero-order valence-corrected chi connectivity index (χ0v) is 14.5. The number of piperidine rings is 1. The zero-order chi connectivity index (χ0) is 16.8. The molecule has 0 saturated carbocycles. The second kappa shape index (κ2) is 8.25. The molecule has 0 aliphatic carbocycles. The van der Waals surface area contributed by atoms with Crippen molar-refractivity contribution in [1.82, 2.24) is 15.2 Å². The third kappa shape index (κ3) is 4.54. The molecule has 1 atom stereocenters. The number of hydrogen-bond acceptors (Lipinski definition) is 3. The van der Waals surface area contributed by atoms with Crippen LogP contribution in [0.5, 0.6) is 0 Å². The van der Waals surface area contributed by atoms with E-state index in [9.17, 15) is 4.79 Å². The zero-order valence-electron chi connectivity index (χ0n) is 14.5. The highest BCUT2D eigenvalue weighted by Crippen LogP contribution is 2.15. The number of carbonyl (C=O) groups excluding carboxylic acids is 1. The van der Waals surface area contributed by atoms with Gasteiger partial charge in [-0.2, -0.15) is 0 Å². The van der Waals surface area contributed by atoms with Gasteiger partial charge in [0.1, 0.15) is 5.69 Å². The molecule has 1 aliphatic heterocycles. The number of rotatable bonds is 6. The first-order valence-electron chi connectivity index (χ1n) is 9.09. The highest BCUT2D eigenvalue weighted by molar-refractivity contribution is 5.94. The lowest BCUT2D eigenvalue weighted by Crippen LogP contribution is -2.35. The minimum atomic E-state index is -0.0765. The van der Waals surface area contributed by atoms with Crippen LogP contribution in [0.25, 0.3) is 10.9 Å². The molecule has 3 rings (SSSR count). The number of fused-ring (bicyclic) bond motifs is 1. The maximum Gasteiger partial charge on any atom is 0.269 e. The van der Waals surface area contributed by atoms with Crippen molar-refractivity contribution in [3.8, 4) is 0 Å². The van der Waals surface area contributed by atoms with E-state index < -0.39 is 0 Å². The van der Waals surface area contributed by atoms with E-state index in [4.69, 9.17) is 0 Å². The molecule has 2 aromatic rings. The largest absolute Gasteiger partial charge is 0.351 e. The smallest absolute Gasteiger partial charge is 0.269 e. The minimum absolute atomic E-state index is 0.0765. The van der Waals surface area contributed by atoms with Crippen LogP contribution >= 0.6 is 0 Å². The van der Waals surface area contributed by atoms with Gasteiger partial charge in [0.05, 0.1) is 5.52 Å². The molecule has 0 spiro atoms. The summed E-state index contributed by atoms with van der Waals surface area (Å²) in [7, 11) is 0. The quantitative estimate of drug-likeness (QED) is 0.827. The van der Waals surface area contributed by atoms with Gasteiger partial charge in [0.2, 0.25) is 0 Å². The molecule has 4 nitrogen and oxygen atoms in total. The molecule has 1 unspecified atom stereocenters. The van der Waals surface area contributed by atoms with Crippen molar-refractivity contribution in [3.05, 3.63) is 42.1 Å². The average Bonchev–Trinajstić information content (AvgIpc) is 2.61. The first-order chi connectivity index (χ1) is 11.7. The van der Waals surface area contributed by atoms with E-state index in [2.05, 4.69) is 22.1 Å². The molecule has 0 bridgehead atoms. The number of nitrogens with one attached hydrogen (secondary N) is 1. The van der Waals surface area contributed by atoms with Crippen molar-refractivity contribution in [2.24, 2.45) is 5.92 Å². The van der Waals surface area contributed by atoms with E-state index in [0.717, 1.165) is 42.8 Å². The molecule has 4 heteroatoms. The fourth-order valence-corrected chi connectivity index (χ4v) is 3.44. The number of carbonyl (C=O) groups is 1. The Morgan fingerprint density at radius 1 is 1.25 bits per heavy atom. The number of aromatic nitrogens is 1. The van der Waals surface area contributed by atoms with Crippen LogP contribution in [0.3, 0.4) is 0 Å². The van der Waals surface area contributed by atoms with Gasteiger partial charge in [0.25, 0.3) is 5.91 Å². The van der Waals surface area contributed by atoms with Crippen LogP contribution in [-0.2, 0) is 0 Å². The van der Waals surface area contributed by atoms with E-state index in [1.54, 1.807) is 6.07 Å². The predicted octanol–water partition coefficient (Wildman–Crippen LogP) is 3.48. The minimum Gasteiger partial charge on any atom is -0.351 e. The van der Waals surface area contributed by atoms with E-state index in [1.165, 1.54) is 25.9 Å². The standard InChI is InChI=1S/C20H27N3O/c1-16-7-6-14-23(15-16)13-5-4-12-21-20(24)19-11-10-17-8-2-3-9-18(17)22-19/h2-3,8-11,16H,4-7,12-15H2,1H3,(H,21,24). The Labute approximate surface area is 144 Å². The Balaban J connectivity index is 1.40. The molecule has 128 valence electrons. The topological polar surface area (TPSA) is 45.2 Å². The van der Waals surface area contributed by atoms with Gasteiger partial charge in [-0.15, -0.1) is 0 Å². The van der Waals surface area contributed by atoms with Crippen LogP contribution in [0.4, 0.5) is 0 Å². The fraction of sp³-hybridized carbons (Fsp3) is 0.500. The normalized spacial score (nSPS) is 18.6. The van der Waals surface area contributed by atoms with Gasteiger partial charge < -0.3 is 10.2 Å². The maximum atomic E-state index is 12.2.